The maximum absolute atomic E-state index is 5.82. The van der Waals surface area contributed by atoms with Gasteiger partial charge in [-0.2, -0.15) is 0 Å². The zero-order chi connectivity index (χ0) is 6.08. The van der Waals surface area contributed by atoms with E-state index in [4.69, 9.17) is 11.6 Å². The van der Waals surface area contributed by atoms with Gasteiger partial charge in [-0.1, -0.05) is 26.6 Å². The summed E-state index contributed by atoms with van der Waals surface area (Å²) in [5.74, 6) is 0. The summed E-state index contributed by atoms with van der Waals surface area (Å²) >= 11 is 5.82. The molecule has 0 nitrogen and oxygen atoms in total. The minimum absolute atomic E-state index is 0.410. The standard InChI is InChI=1S/C5H13ClSi/c1-5(6)7(2,3)4/h5H,1-4H3/t5-/m1/s1. The van der Waals surface area contributed by atoms with Gasteiger partial charge < -0.3 is 0 Å². The van der Waals surface area contributed by atoms with Crippen molar-refractivity contribution in [1.29, 1.82) is 0 Å². The maximum atomic E-state index is 5.82. The lowest BCUT2D eigenvalue weighted by Crippen LogP contribution is -2.31. The molecule has 7 heavy (non-hydrogen) atoms. The van der Waals surface area contributed by atoms with Gasteiger partial charge in [-0.05, 0) is 0 Å². The van der Waals surface area contributed by atoms with Crippen LogP contribution in [0, 0.1) is 0 Å². The summed E-state index contributed by atoms with van der Waals surface area (Å²) in [4.78, 5) is 0. The van der Waals surface area contributed by atoms with Crippen molar-refractivity contribution >= 4 is 19.7 Å². The van der Waals surface area contributed by atoms with Crippen molar-refractivity contribution in [2.75, 3.05) is 0 Å². The molecule has 0 fully saturated rings. The summed E-state index contributed by atoms with van der Waals surface area (Å²) < 4.78 is 0. The van der Waals surface area contributed by atoms with Crippen LogP contribution in [0.4, 0.5) is 0 Å². The Bertz CT molecular complexity index is 53.6. The highest BCUT2D eigenvalue weighted by atomic mass is 35.5. The quantitative estimate of drug-likeness (QED) is 0.384. The number of rotatable bonds is 1. The van der Waals surface area contributed by atoms with Crippen molar-refractivity contribution in [3.63, 3.8) is 0 Å². The zero-order valence-corrected chi connectivity index (χ0v) is 7.21. The van der Waals surface area contributed by atoms with E-state index in [1.54, 1.807) is 0 Å². The van der Waals surface area contributed by atoms with Crippen LogP contribution in [0.5, 0.6) is 0 Å². The first-order valence-electron chi connectivity index (χ1n) is 2.58. The molecular weight excluding hydrogens is 124 g/mol. The van der Waals surface area contributed by atoms with Crippen molar-refractivity contribution in [2.24, 2.45) is 0 Å². The van der Waals surface area contributed by atoms with E-state index in [2.05, 4.69) is 26.6 Å². The van der Waals surface area contributed by atoms with Crippen LogP contribution >= 0.6 is 11.6 Å². The van der Waals surface area contributed by atoms with Crippen LogP contribution < -0.4 is 0 Å². The van der Waals surface area contributed by atoms with E-state index >= 15 is 0 Å². The Labute approximate surface area is 51.9 Å². The van der Waals surface area contributed by atoms with Crippen LogP contribution in [0.3, 0.4) is 0 Å². The molecule has 0 saturated carbocycles. The molecule has 0 radical (unpaired) electrons. The molecule has 44 valence electrons. The molecule has 0 aliphatic rings. The summed E-state index contributed by atoms with van der Waals surface area (Å²) in [6.45, 7) is 8.88. The van der Waals surface area contributed by atoms with Crippen LogP contribution in [0.1, 0.15) is 6.92 Å². The van der Waals surface area contributed by atoms with Gasteiger partial charge in [-0.3, -0.25) is 0 Å². The van der Waals surface area contributed by atoms with Gasteiger partial charge in [-0.25, -0.2) is 0 Å². The molecule has 0 amide bonds. The first-order chi connectivity index (χ1) is 2.94. The van der Waals surface area contributed by atoms with Crippen LogP contribution in [-0.2, 0) is 0 Å². The Morgan fingerprint density at radius 1 is 1.29 bits per heavy atom. The molecule has 0 saturated heterocycles. The second-order valence-corrected chi connectivity index (χ2v) is 9.60. The van der Waals surface area contributed by atoms with E-state index < -0.39 is 8.07 Å². The van der Waals surface area contributed by atoms with Gasteiger partial charge in [0.1, 0.15) is 0 Å². The van der Waals surface area contributed by atoms with Crippen molar-refractivity contribution < 1.29 is 0 Å². The highest BCUT2D eigenvalue weighted by Crippen LogP contribution is 2.11. The smallest absolute Gasteiger partial charge is 0.0645 e. The van der Waals surface area contributed by atoms with Gasteiger partial charge in [0, 0.05) is 5.00 Å². The van der Waals surface area contributed by atoms with Gasteiger partial charge in [0.25, 0.3) is 0 Å². The van der Waals surface area contributed by atoms with E-state index in [0.717, 1.165) is 0 Å². The van der Waals surface area contributed by atoms with Crippen molar-refractivity contribution in [3.8, 4) is 0 Å². The topological polar surface area (TPSA) is 0 Å². The van der Waals surface area contributed by atoms with E-state index in [-0.39, 0.29) is 0 Å². The summed E-state index contributed by atoms with van der Waals surface area (Å²) in [6.07, 6.45) is 0. The van der Waals surface area contributed by atoms with Crippen LogP contribution in [-0.4, -0.2) is 13.1 Å². The van der Waals surface area contributed by atoms with Gasteiger partial charge in [0.05, 0.1) is 8.07 Å². The van der Waals surface area contributed by atoms with E-state index in [1.807, 2.05) is 0 Å². The number of hydrogen-bond donors (Lipinski definition) is 0. The number of alkyl halides is 1. The largest absolute Gasteiger partial charge is 0.127 e. The maximum Gasteiger partial charge on any atom is 0.0645 e. The highest BCUT2D eigenvalue weighted by molar-refractivity contribution is 6.83. The lowest BCUT2D eigenvalue weighted by Gasteiger charge is -2.17. The molecule has 0 aliphatic carbocycles. The molecule has 1 atom stereocenters. The molecule has 0 aliphatic heterocycles. The first-order valence-corrected chi connectivity index (χ1v) is 6.60. The third-order valence-corrected chi connectivity index (χ3v) is 5.54. The second-order valence-electron chi connectivity index (χ2n) is 2.98. The number of halogens is 1. The van der Waals surface area contributed by atoms with Crippen molar-refractivity contribution in [1.82, 2.24) is 0 Å². The molecule has 0 aromatic carbocycles. The third-order valence-electron chi connectivity index (χ3n) is 1.19. The summed E-state index contributed by atoms with van der Waals surface area (Å²) in [5.41, 5.74) is 0. The Balaban J connectivity index is 3.54. The number of hydrogen-bond acceptors (Lipinski definition) is 0. The molecule has 0 rings (SSSR count). The molecule has 0 bridgehead atoms. The van der Waals surface area contributed by atoms with Gasteiger partial charge in [0.15, 0.2) is 0 Å². The van der Waals surface area contributed by atoms with Gasteiger partial charge in [0.2, 0.25) is 0 Å². The Morgan fingerprint density at radius 2 is 1.43 bits per heavy atom. The molecule has 0 unspecified atom stereocenters. The third kappa shape index (κ3) is 3.12. The first kappa shape index (κ1) is 7.51. The second kappa shape index (κ2) is 2.18. The zero-order valence-electron chi connectivity index (χ0n) is 5.46. The highest BCUT2D eigenvalue weighted by Gasteiger charge is 2.18. The lowest BCUT2D eigenvalue weighted by molar-refractivity contribution is 1.28. The predicted octanol–water partition coefficient (Wildman–Crippen LogP) is 2.49. The Kier molecular flexibility index (Phi) is 2.34. The van der Waals surface area contributed by atoms with Crippen LogP contribution in [0.25, 0.3) is 0 Å². The van der Waals surface area contributed by atoms with E-state index in [1.165, 1.54) is 0 Å². The van der Waals surface area contributed by atoms with Crippen LogP contribution in [0.2, 0.25) is 19.6 Å². The minimum atomic E-state index is -0.969. The lowest BCUT2D eigenvalue weighted by atomic mass is 11.0. The van der Waals surface area contributed by atoms with E-state index in [0.29, 0.717) is 5.00 Å². The summed E-state index contributed by atoms with van der Waals surface area (Å²) in [6, 6.07) is 0. The monoisotopic (exact) mass is 136 g/mol. The van der Waals surface area contributed by atoms with Gasteiger partial charge in [-0.15, -0.1) is 11.6 Å². The Morgan fingerprint density at radius 3 is 1.43 bits per heavy atom. The van der Waals surface area contributed by atoms with Crippen LogP contribution in [0.15, 0.2) is 0 Å². The summed E-state index contributed by atoms with van der Waals surface area (Å²) in [5, 5.41) is 0.410. The SMILES string of the molecule is C[C@H](Cl)[Si](C)(C)C. The molecule has 2 heteroatoms. The average molecular weight is 137 g/mol. The predicted molar refractivity (Wildman–Crippen MR) is 38.7 cm³/mol. The van der Waals surface area contributed by atoms with Crippen molar-refractivity contribution in [2.45, 2.75) is 31.6 Å². The minimum Gasteiger partial charge on any atom is -0.127 e. The van der Waals surface area contributed by atoms with Gasteiger partial charge >= 0.3 is 0 Å². The molecule has 0 aromatic rings. The fourth-order valence-electron chi connectivity index (χ4n) is 0. The average Bonchev–Trinajstić information content (AvgIpc) is 1.31. The molecule has 0 spiro atoms. The fourth-order valence-corrected chi connectivity index (χ4v) is 0. The normalized spacial score (nSPS) is 16.7. The van der Waals surface area contributed by atoms with E-state index in [9.17, 15) is 0 Å². The molecule has 0 heterocycles. The molecule has 0 aromatic heterocycles. The molecule has 0 N–H and O–H groups in total. The molecular formula is C5H13ClSi. The van der Waals surface area contributed by atoms with Crippen molar-refractivity contribution in [3.05, 3.63) is 0 Å². The summed E-state index contributed by atoms with van der Waals surface area (Å²) in [7, 11) is -0.969. The fraction of sp³-hybridized carbons (Fsp3) is 1.00. The Hall–Kier alpha value is 0.507.